The van der Waals surface area contributed by atoms with Crippen molar-refractivity contribution in [1.82, 2.24) is 0 Å². The summed E-state index contributed by atoms with van der Waals surface area (Å²) >= 11 is 0. The van der Waals surface area contributed by atoms with Gasteiger partial charge in [-0.15, -0.1) is 0 Å². The Morgan fingerprint density at radius 2 is 2.00 bits per heavy atom. The molecule has 0 fully saturated rings. The molecule has 0 radical (unpaired) electrons. The molecule has 0 saturated heterocycles. The minimum atomic E-state index is -1.22. The zero-order valence-electron chi connectivity index (χ0n) is 10.0. The average Bonchev–Trinajstić information content (AvgIpc) is 2.28. The Morgan fingerprint density at radius 1 is 1.35 bits per heavy atom. The molecule has 0 saturated carbocycles. The number of ether oxygens (including phenoxy) is 3. The second-order valence-corrected chi connectivity index (χ2v) is 4.35. The second-order valence-electron chi connectivity index (χ2n) is 4.35. The molecule has 1 heterocycles. The van der Waals surface area contributed by atoms with Crippen LogP contribution in [0.3, 0.4) is 0 Å². The van der Waals surface area contributed by atoms with E-state index >= 15 is 0 Å². The number of rotatable bonds is 2. The highest BCUT2D eigenvalue weighted by Gasteiger charge is 2.30. The van der Waals surface area contributed by atoms with Gasteiger partial charge in [-0.2, -0.15) is 4.39 Å². The smallest absolute Gasteiger partial charge is 0.211 e. The molecule has 0 bridgehead atoms. The first-order chi connectivity index (χ1) is 7.95. The molecule has 0 aliphatic carbocycles. The Balaban J connectivity index is 2.64. The molecule has 4 nitrogen and oxygen atoms in total. The predicted molar refractivity (Wildman–Crippen MR) is 59.2 cm³/mol. The summed E-state index contributed by atoms with van der Waals surface area (Å²) in [6.07, 6.45) is 0. The summed E-state index contributed by atoms with van der Waals surface area (Å²) in [5.74, 6) is -0.309. The van der Waals surface area contributed by atoms with Crippen molar-refractivity contribution in [3.05, 3.63) is 17.4 Å². The number of methoxy groups -OCH3 is 1. The predicted octanol–water partition coefficient (Wildman–Crippen LogP) is 1.83. The molecule has 1 aromatic rings. The number of hydrogen-bond donors (Lipinski definition) is 1. The van der Waals surface area contributed by atoms with Gasteiger partial charge in [0.15, 0.2) is 11.5 Å². The van der Waals surface area contributed by atoms with E-state index in [0.29, 0.717) is 24.5 Å². The summed E-state index contributed by atoms with van der Waals surface area (Å²) in [6, 6.07) is 1.55. The fraction of sp³-hybridized carbons (Fsp3) is 0.500. The van der Waals surface area contributed by atoms with Crippen molar-refractivity contribution in [1.29, 1.82) is 0 Å². The Morgan fingerprint density at radius 3 is 2.59 bits per heavy atom. The third-order valence-electron chi connectivity index (χ3n) is 2.59. The quantitative estimate of drug-likeness (QED) is 0.859. The summed E-state index contributed by atoms with van der Waals surface area (Å²) in [5.41, 5.74) is -0.885. The van der Waals surface area contributed by atoms with Crippen molar-refractivity contribution in [3.8, 4) is 17.2 Å². The zero-order chi connectivity index (χ0) is 12.6. The van der Waals surface area contributed by atoms with Crippen LogP contribution in [0.1, 0.15) is 19.4 Å². The van der Waals surface area contributed by atoms with Gasteiger partial charge >= 0.3 is 0 Å². The molecule has 0 aromatic heterocycles. The average molecular weight is 242 g/mol. The first-order valence-corrected chi connectivity index (χ1v) is 5.34. The number of benzene rings is 1. The van der Waals surface area contributed by atoms with E-state index in [2.05, 4.69) is 0 Å². The lowest BCUT2D eigenvalue weighted by molar-refractivity contribution is 0.0733. The van der Waals surface area contributed by atoms with Gasteiger partial charge in [-0.25, -0.2) is 0 Å². The van der Waals surface area contributed by atoms with Crippen LogP contribution in [0.5, 0.6) is 17.2 Å². The molecule has 2 rings (SSSR count). The lowest BCUT2D eigenvalue weighted by atomic mass is 9.96. The van der Waals surface area contributed by atoms with Gasteiger partial charge in [-0.3, -0.25) is 0 Å². The molecule has 17 heavy (non-hydrogen) atoms. The minimum absolute atomic E-state index is 0.0123. The van der Waals surface area contributed by atoms with E-state index in [9.17, 15) is 9.50 Å². The maximum atomic E-state index is 14.1. The van der Waals surface area contributed by atoms with Crippen LogP contribution in [0.2, 0.25) is 0 Å². The Kier molecular flexibility index (Phi) is 2.87. The van der Waals surface area contributed by atoms with E-state index in [-0.39, 0.29) is 11.5 Å². The summed E-state index contributed by atoms with van der Waals surface area (Å²) in [5, 5.41) is 9.98. The molecule has 0 unspecified atom stereocenters. The summed E-state index contributed by atoms with van der Waals surface area (Å²) in [7, 11) is 1.35. The molecule has 0 spiro atoms. The fourth-order valence-corrected chi connectivity index (χ4v) is 1.78. The summed E-state index contributed by atoms with van der Waals surface area (Å²) in [6.45, 7) is 3.78. The Labute approximate surface area is 98.9 Å². The number of hydrogen-bond acceptors (Lipinski definition) is 4. The molecule has 5 heteroatoms. The number of fused-ring (bicyclic) bond motifs is 1. The van der Waals surface area contributed by atoms with E-state index in [4.69, 9.17) is 14.2 Å². The van der Waals surface area contributed by atoms with E-state index in [0.717, 1.165) is 0 Å². The largest absolute Gasteiger partial charge is 0.493 e. The van der Waals surface area contributed by atoms with Crippen LogP contribution in [0.25, 0.3) is 0 Å². The van der Waals surface area contributed by atoms with Gasteiger partial charge in [0.1, 0.15) is 13.2 Å². The molecular weight excluding hydrogens is 227 g/mol. The summed E-state index contributed by atoms with van der Waals surface area (Å²) in [4.78, 5) is 0. The SMILES string of the molecule is COc1c(C(C)(C)O)cc2c(c1F)OCCO2. The van der Waals surface area contributed by atoms with Crippen molar-refractivity contribution < 1.29 is 23.7 Å². The molecule has 1 aliphatic heterocycles. The van der Waals surface area contributed by atoms with Crippen molar-refractivity contribution in [2.24, 2.45) is 0 Å². The Hall–Kier alpha value is -1.49. The van der Waals surface area contributed by atoms with E-state index in [1.54, 1.807) is 19.9 Å². The van der Waals surface area contributed by atoms with Crippen LogP contribution in [-0.4, -0.2) is 25.4 Å². The second kappa shape index (κ2) is 4.07. The highest BCUT2D eigenvalue weighted by Crippen LogP contribution is 2.43. The topological polar surface area (TPSA) is 47.9 Å². The van der Waals surface area contributed by atoms with Crippen molar-refractivity contribution in [3.63, 3.8) is 0 Å². The molecule has 0 amide bonds. The van der Waals surface area contributed by atoms with Crippen molar-refractivity contribution in [2.45, 2.75) is 19.4 Å². The van der Waals surface area contributed by atoms with Gasteiger partial charge in [-0.05, 0) is 19.9 Å². The van der Waals surface area contributed by atoms with E-state index in [1.165, 1.54) is 7.11 Å². The van der Waals surface area contributed by atoms with Crippen LogP contribution < -0.4 is 14.2 Å². The first-order valence-electron chi connectivity index (χ1n) is 5.34. The maximum absolute atomic E-state index is 14.1. The van der Waals surface area contributed by atoms with Gasteiger partial charge < -0.3 is 19.3 Å². The molecule has 1 aliphatic rings. The molecule has 0 atom stereocenters. The van der Waals surface area contributed by atoms with Crippen molar-refractivity contribution >= 4 is 0 Å². The van der Waals surface area contributed by atoms with Gasteiger partial charge in [0, 0.05) is 5.56 Å². The highest BCUT2D eigenvalue weighted by molar-refractivity contribution is 5.54. The molecule has 1 N–H and O–H groups in total. The number of aliphatic hydroxyl groups is 1. The van der Waals surface area contributed by atoms with E-state index in [1.807, 2.05) is 0 Å². The molecular formula is C12H15FO4. The normalized spacial score (nSPS) is 14.6. The van der Waals surface area contributed by atoms with Crippen LogP contribution in [0.4, 0.5) is 4.39 Å². The lowest BCUT2D eigenvalue weighted by Gasteiger charge is -2.26. The number of halogens is 1. The van der Waals surface area contributed by atoms with Gasteiger partial charge in [0.25, 0.3) is 0 Å². The Bertz CT molecular complexity index is 437. The third-order valence-corrected chi connectivity index (χ3v) is 2.59. The monoisotopic (exact) mass is 242 g/mol. The standard InChI is InChI=1S/C12H15FO4/c1-12(2,14)7-6-8-11(17-5-4-16-8)9(13)10(7)15-3/h6,14H,4-5H2,1-3H3. The van der Waals surface area contributed by atoms with Gasteiger partial charge in [0.05, 0.1) is 12.7 Å². The van der Waals surface area contributed by atoms with Crippen LogP contribution >= 0.6 is 0 Å². The first kappa shape index (κ1) is 12.0. The van der Waals surface area contributed by atoms with Crippen LogP contribution in [0, 0.1) is 5.82 Å². The molecule has 94 valence electrons. The summed E-state index contributed by atoms with van der Waals surface area (Å²) < 4.78 is 29.6. The zero-order valence-corrected chi connectivity index (χ0v) is 10.0. The van der Waals surface area contributed by atoms with E-state index < -0.39 is 11.4 Å². The van der Waals surface area contributed by atoms with Gasteiger partial charge in [0.2, 0.25) is 11.6 Å². The van der Waals surface area contributed by atoms with Crippen LogP contribution in [-0.2, 0) is 5.60 Å². The highest BCUT2D eigenvalue weighted by atomic mass is 19.1. The minimum Gasteiger partial charge on any atom is -0.493 e. The lowest BCUT2D eigenvalue weighted by Crippen LogP contribution is -2.21. The fourth-order valence-electron chi connectivity index (χ4n) is 1.78. The third kappa shape index (κ3) is 2.02. The van der Waals surface area contributed by atoms with Crippen LogP contribution in [0.15, 0.2) is 6.07 Å². The van der Waals surface area contributed by atoms with Gasteiger partial charge in [-0.1, -0.05) is 0 Å². The van der Waals surface area contributed by atoms with Crippen molar-refractivity contribution in [2.75, 3.05) is 20.3 Å². The molecule has 1 aromatic carbocycles. The maximum Gasteiger partial charge on any atom is 0.211 e.